The number of amides is 1. The summed E-state index contributed by atoms with van der Waals surface area (Å²) in [5.74, 6) is -9.62. The highest BCUT2D eigenvalue weighted by Gasteiger charge is 2.67. The van der Waals surface area contributed by atoms with Crippen LogP contribution >= 0.6 is 11.6 Å². The monoisotopic (exact) mass is 986 g/mol. The molecule has 14 nitrogen and oxygen atoms in total. The number of rotatable bonds is 14. The Labute approximate surface area is 384 Å². The molecule has 24 heteroatoms. The van der Waals surface area contributed by atoms with Gasteiger partial charge in [0.2, 0.25) is 15.9 Å². The van der Waals surface area contributed by atoms with Gasteiger partial charge in [0.1, 0.15) is 41.9 Å². The molecule has 0 saturated heterocycles. The average Bonchev–Trinajstić information content (AvgIpc) is 4.17. The molecular formula is C44H35ClF8N10O4S. The largest absolute Gasteiger partial charge is 0.344 e. The SMILES string of the molecule is Cc1cc(C)nc(-c2ccc3c(=O)n(-c4ccc(Cl)c5c(NS(=O)(=O)C6CC6)nn(CC(F)F)c45)c(C(Cc4cc(F)cc(F)c4)NC(=O)Cn4nc(C(F)F)c5c4C(F)(F)C4CC54)nc3c2)n1. The van der Waals surface area contributed by atoms with E-state index >= 15 is 13.6 Å². The van der Waals surface area contributed by atoms with E-state index in [1.54, 1.807) is 19.9 Å². The molecule has 0 aliphatic heterocycles. The van der Waals surface area contributed by atoms with E-state index in [4.69, 9.17) is 16.6 Å². The number of aryl methyl sites for hydroxylation is 2. The quantitative estimate of drug-likeness (QED) is 0.102. The lowest BCUT2D eigenvalue weighted by Crippen LogP contribution is -2.38. The number of hydrogen-bond acceptors (Lipinski definition) is 9. The molecular weight excluding hydrogens is 952 g/mol. The first kappa shape index (κ1) is 45.3. The lowest BCUT2D eigenvalue weighted by molar-refractivity contribution is -0.123. The van der Waals surface area contributed by atoms with Crippen molar-refractivity contribution < 1.29 is 48.3 Å². The fraction of sp³-hybridized carbons (Fsp3) is 0.341. The van der Waals surface area contributed by atoms with E-state index in [-0.39, 0.29) is 55.9 Å². The highest BCUT2D eigenvalue weighted by Crippen LogP contribution is 2.68. The standard InChI is InChI=1S/C44H35ClF8N10O4S/c1-18-9-19(2)55-40(54-18)21-3-6-25-29(13-21)57-42(63(43(25)65)31-8-7-28(45)35-37(31)61(16-32(48)49)59-41(35)60-68(66,67)24-4-5-24)30(12-20-10-22(46)14-23(47)11-20)56-33(64)17-62-38-34(36(58-62)39(50)51)26-15-27(26)44(38,52)53/h3,6-11,13-14,24,26-27,30,32,39H,4-5,12,15-17H2,1-2H3,(H,56,64)(H,59,60). The summed E-state index contributed by atoms with van der Waals surface area (Å²) in [7, 11) is -4.10. The molecule has 3 aromatic carbocycles. The van der Waals surface area contributed by atoms with E-state index in [1.165, 1.54) is 30.3 Å². The minimum absolute atomic E-state index is 0.0472. The molecule has 0 spiro atoms. The molecule has 1 amide bonds. The van der Waals surface area contributed by atoms with Gasteiger partial charge >= 0.3 is 0 Å². The number of halogens is 9. The Morgan fingerprint density at radius 1 is 0.926 bits per heavy atom. The maximum Gasteiger partial charge on any atom is 0.293 e. The zero-order valence-corrected chi connectivity index (χ0v) is 37.0. The molecule has 3 atom stereocenters. The Morgan fingerprint density at radius 2 is 1.63 bits per heavy atom. The van der Waals surface area contributed by atoms with Crippen LogP contribution in [0.15, 0.2) is 59.4 Å². The van der Waals surface area contributed by atoms with E-state index in [0.717, 1.165) is 21.4 Å². The molecule has 10 rings (SSSR count). The number of alkyl halides is 6. The lowest BCUT2D eigenvalue weighted by atomic mass is 10.0. The summed E-state index contributed by atoms with van der Waals surface area (Å²) >= 11 is 6.68. The second kappa shape index (κ2) is 16.3. The summed E-state index contributed by atoms with van der Waals surface area (Å²) in [6.45, 7) is 1.25. The Balaban J connectivity index is 1.20. The molecule has 7 aromatic rings. The molecule has 3 aliphatic rings. The minimum atomic E-state index is -4.10. The highest BCUT2D eigenvalue weighted by atomic mass is 35.5. The van der Waals surface area contributed by atoms with E-state index in [2.05, 4.69) is 30.2 Å². The van der Waals surface area contributed by atoms with Crippen LogP contribution in [0.2, 0.25) is 5.02 Å². The van der Waals surface area contributed by atoms with Crippen LogP contribution in [0, 0.1) is 31.4 Å². The molecule has 3 unspecified atom stereocenters. The summed E-state index contributed by atoms with van der Waals surface area (Å²) in [6, 6.07) is 9.29. The summed E-state index contributed by atoms with van der Waals surface area (Å²) in [5, 5.41) is 9.22. The lowest BCUT2D eigenvalue weighted by Gasteiger charge is -2.24. The second-order valence-electron chi connectivity index (χ2n) is 17.2. The van der Waals surface area contributed by atoms with Crippen molar-refractivity contribution in [2.24, 2.45) is 5.92 Å². The van der Waals surface area contributed by atoms with Gasteiger partial charge in [0.05, 0.1) is 43.8 Å². The minimum Gasteiger partial charge on any atom is -0.344 e. The van der Waals surface area contributed by atoms with Crippen LogP contribution in [-0.4, -0.2) is 65.1 Å². The smallest absolute Gasteiger partial charge is 0.293 e. The number of anilines is 1. The van der Waals surface area contributed by atoms with Crippen molar-refractivity contribution in [1.29, 1.82) is 0 Å². The van der Waals surface area contributed by atoms with Crippen molar-refractivity contribution in [3.63, 3.8) is 0 Å². The molecule has 2 N–H and O–H groups in total. The predicted octanol–water partition coefficient (Wildman–Crippen LogP) is 8.35. The number of carbonyl (C=O) groups is 1. The third kappa shape index (κ3) is 8.01. The van der Waals surface area contributed by atoms with Gasteiger partial charge in [-0.2, -0.15) is 19.0 Å². The van der Waals surface area contributed by atoms with E-state index in [0.29, 0.717) is 40.5 Å². The van der Waals surface area contributed by atoms with Crippen molar-refractivity contribution in [3.8, 4) is 17.1 Å². The highest BCUT2D eigenvalue weighted by molar-refractivity contribution is 7.93. The number of fused-ring (bicyclic) bond motifs is 5. The Bertz CT molecular complexity index is 3390. The zero-order chi connectivity index (χ0) is 48.3. The summed E-state index contributed by atoms with van der Waals surface area (Å²) in [5.41, 5.74) is -2.19. The summed E-state index contributed by atoms with van der Waals surface area (Å²) < 4.78 is 149. The number of benzene rings is 3. The van der Waals surface area contributed by atoms with Crippen molar-refractivity contribution >= 4 is 55.2 Å². The van der Waals surface area contributed by atoms with Crippen LogP contribution in [0.1, 0.15) is 77.4 Å². The average molecular weight is 987 g/mol. The van der Waals surface area contributed by atoms with Crippen LogP contribution < -0.4 is 15.6 Å². The molecule has 4 heterocycles. The van der Waals surface area contributed by atoms with Gasteiger partial charge in [0, 0.05) is 40.9 Å². The zero-order valence-electron chi connectivity index (χ0n) is 35.4. The van der Waals surface area contributed by atoms with E-state index < -0.39 is 118 Å². The first-order chi connectivity index (χ1) is 32.2. The van der Waals surface area contributed by atoms with Crippen LogP contribution in [0.5, 0.6) is 0 Å². The van der Waals surface area contributed by atoms with Gasteiger partial charge in [-0.05, 0) is 87.1 Å². The van der Waals surface area contributed by atoms with E-state index in [1.807, 2.05) is 0 Å². The Kier molecular flexibility index (Phi) is 10.9. The van der Waals surface area contributed by atoms with Crippen molar-refractivity contribution in [2.45, 2.75) is 88.6 Å². The van der Waals surface area contributed by atoms with Gasteiger partial charge in [-0.25, -0.2) is 49.7 Å². The van der Waals surface area contributed by atoms with Gasteiger partial charge in [-0.1, -0.05) is 17.7 Å². The van der Waals surface area contributed by atoms with Gasteiger partial charge in [0.15, 0.2) is 11.6 Å². The van der Waals surface area contributed by atoms with Crippen molar-refractivity contribution in [2.75, 3.05) is 4.72 Å². The number of nitrogens with one attached hydrogen (secondary N) is 2. The molecule has 2 fully saturated rings. The van der Waals surface area contributed by atoms with Gasteiger partial charge < -0.3 is 5.32 Å². The number of carbonyl (C=O) groups excluding carboxylic acids is 1. The van der Waals surface area contributed by atoms with Gasteiger partial charge in [-0.3, -0.25) is 28.2 Å². The molecule has 0 radical (unpaired) electrons. The Hall–Kier alpha value is -6.49. The molecule has 354 valence electrons. The van der Waals surface area contributed by atoms with Crippen LogP contribution in [0.3, 0.4) is 0 Å². The molecule has 68 heavy (non-hydrogen) atoms. The Morgan fingerprint density at radius 3 is 2.29 bits per heavy atom. The van der Waals surface area contributed by atoms with Crippen molar-refractivity contribution in [1.82, 2.24) is 44.4 Å². The van der Waals surface area contributed by atoms with Gasteiger partial charge in [-0.15, -0.1) is 0 Å². The molecule has 0 bridgehead atoms. The topological polar surface area (TPSA) is 172 Å². The molecule has 3 aliphatic carbocycles. The molecule has 2 saturated carbocycles. The maximum atomic E-state index is 15.6. The van der Waals surface area contributed by atoms with Crippen LogP contribution in [-0.2, 0) is 40.3 Å². The van der Waals surface area contributed by atoms with E-state index in [9.17, 15) is 39.6 Å². The fourth-order valence-corrected chi connectivity index (χ4v) is 10.7. The molecule has 4 aromatic heterocycles. The van der Waals surface area contributed by atoms with Crippen LogP contribution in [0.25, 0.3) is 38.9 Å². The number of nitrogens with zero attached hydrogens (tertiary/aromatic N) is 8. The number of sulfonamides is 1. The normalized spacial score (nSPS) is 17.8. The number of hydrogen-bond donors (Lipinski definition) is 2. The van der Waals surface area contributed by atoms with Gasteiger partial charge in [0.25, 0.3) is 24.3 Å². The summed E-state index contributed by atoms with van der Waals surface area (Å²) in [6.07, 6.45) is -6.34. The van der Waals surface area contributed by atoms with Crippen molar-refractivity contribution in [3.05, 3.63) is 121 Å². The third-order valence-electron chi connectivity index (χ3n) is 12.2. The van der Waals surface area contributed by atoms with Crippen LogP contribution in [0.4, 0.5) is 40.9 Å². The maximum absolute atomic E-state index is 15.6. The second-order valence-corrected chi connectivity index (χ2v) is 19.5. The third-order valence-corrected chi connectivity index (χ3v) is 14.3. The number of aromatic nitrogens is 8. The predicted molar refractivity (Wildman–Crippen MR) is 231 cm³/mol. The fourth-order valence-electron chi connectivity index (χ4n) is 9.16. The first-order valence-corrected chi connectivity index (χ1v) is 23.0. The summed E-state index contributed by atoms with van der Waals surface area (Å²) in [4.78, 5) is 43.3. The first-order valence-electron chi connectivity index (χ1n) is 21.1.